The highest BCUT2D eigenvalue weighted by molar-refractivity contribution is 6.31. The molecular formula is C19H16ClNO4. The standard InChI is InChI=1S/C19H16ClNO4/c1-3-24-16-7-5-4-6-12(16)10-15-19(22)25-18(21-15)14-11-13(20)8-9-17(14)23-2/h4-11H,3H2,1-2H3. The summed E-state index contributed by atoms with van der Waals surface area (Å²) in [6, 6.07) is 12.4. The van der Waals surface area contributed by atoms with Crippen molar-refractivity contribution < 1.29 is 19.0 Å². The number of hydrogen-bond acceptors (Lipinski definition) is 5. The number of halogens is 1. The number of nitrogens with zero attached hydrogens (tertiary/aromatic N) is 1. The summed E-state index contributed by atoms with van der Waals surface area (Å²) >= 11 is 6.03. The second-order valence-corrected chi connectivity index (χ2v) is 5.59. The minimum absolute atomic E-state index is 0.157. The molecule has 0 aromatic heterocycles. The van der Waals surface area contributed by atoms with Gasteiger partial charge in [-0.25, -0.2) is 9.79 Å². The first-order valence-electron chi connectivity index (χ1n) is 7.70. The van der Waals surface area contributed by atoms with Crippen LogP contribution in [-0.2, 0) is 9.53 Å². The Hall–Kier alpha value is -2.79. The molecule has 128 valence electrons. The van der Waals surface area contributed by atoms with E-state index in [1.807, 2.05) is 31.2 Å². The minimum Gasteiger partial charge on any atom is -0.496 e. The Balaban J connectivity index is 2.00. The first-order chi connectivity index (χ1) is 12.1. The van der Waals surface area contributed by atoms with E-state index in [0.29, 0.717) is 28.7 Å². The van der Waals surface area contributed by atoms with Gasteiger partial charge in [0.1, 0.15) is 11.5 Å². The van der Waals surface area contributed by atoms with E-state index in [2.05, 4.69) is 4.99 Å². The molecule has 0 aliphatic carbocycles. The van der Waals surface area contributed by atoms with Crippen molar-refractivity contribution in [3.63, 3.8) is 0 Å². The van der Waals surface area contributed by atoms with Gasteiger partial charge >= 0.3 is 5.97 Å². The molecule has 0 bridgehead atoms. The van der Waals surface area contributed by atoms with Crippen LogP contribution in [0, 0.1) is 0 Å². The zero-order valence-corrected chi connectivity index (χ0v) is 14.5. The summed E-state index contributed by atoms with van der Waals surface area (Å²) in [7, 11) is 1.53. The fourth-order valence-corrected chi connectivity index (χ4v) is 2.58. The Morgan fingerprint density at radius 3 is 2.76 bits per heavy atom. The maximum absolute atomic E-state index is 12.2. The third-order valence-electron chi connectivity index (χ3n) is 3.52. The number of carbonyl (C=O) groups is 1. The smallest absolute Gasteiger partial charge is 0.363 e. The molecule has 1 aliphatic heterocycles. The molecule has 3 rings (SSSR count). The van der Waals surface area contributed by atoms with Gasteiger partial charge in [0.2, 0.25) is 5.90 Å². The van der Waals surface area contributed by atoms with Gasteiger partial charge in [-0.2, -0.15) is 0 Å². The van der Waals surface area contributed by atoms with Crippen LogP contribution in [0.25, 0.3) is 6.08 Å². The van der Waals surface area contributed by atoms with Crippen LogP contribution in [0.5, 0.6) is 11.5 Å². The van der Waals surface area contributed by atoms with Crippen molar-refractivity contribution in [3.05, 3.63) is 64.3 Å². The van der Waals surface area contributed by atoms with Crippen molar-refractivity contribution in [2.75, 3.05) is 13.7 Å². The molecule has 1 aliphatic rings. The summed E-state index contributed by atoms with van der Waals surface area (Å²) < 4.78 is 16.1. The molecule has 0 N–H and O–H groups in total. The first-order valence-corrected chi connectivity index (χ1v) is 8.08. The number of rotatable bonds is 5. The van der Waals surface area contributed by atoms with Crippen molar-refractivity contribution in [2.45, 2.75) is 6.92 Å². The highest BCUT2D eigenvalue weighted by atomic mass is 35.5. The number of carbonyl (C=O) groups excluding carboxylic acids is 1. The highest BCUT2D eigenvalue weighted by Gasteiger charge is 2.26. The zero-order valence-electron chi connectivity index (χ0n) is 13.8. The monoisotopic (exact) mass is 357 g/mol. The van der Waals surface area contributed by atoms with Crippen LogP contribution in [-0.4, -0.2) is 25.6 Å². The van der Waals surface area contributed by atoms with Gasteiger partial charge in [-0.05, 0) is 37.3 Å². The Labute approximate surface area is 150 Å². The number of ether oxygens (including phenoxy) is 3. The van der Waals surface area contributed by atoms with Crippen molar-refractivity contribution >= 4 is 29.5 Å². The summed E-state index contributed by atoms with van der Waals surface area (Å²) in [5.74, 6) is 0.814. The molecule has 2 aromatic rings. The molecule has 6 heteroatoms. The largest absolute Gasteiger partial charge is 0.496 e. The quantitative estimate of drug-likeness (QED) is 0.597. The molecule has 2 aromatic carbocycles. The number of methoxy groups -OCH3 is 1. The van der Waals surface area contributed by atoms with Crippen LogP contribution >= 0.6 is 11.6 Å². The first kappa shape index (κ1) is 17.0. The second kappa shape index (κ2) is 7.40. The average molecular weight is 358 g/mol. The Kier molecular flexibility index (Phi) is 5.05. The van der Waals surface area contributed by atoms with Gasteiger partial charge in [0, 0.05) is 10.6 Å². The predicted octanol–water partition coefficient (Wildman–Crippen LogP) is 4.09. The number of para-hydroxylation sites is 1. The molecule has 0 saturated carbocycles. The van der Waals surface area contributed by atoms with Crippen molar-refractivity contribution in [2.24, 2.45) is 4.99 Å². The normalized spacial score (nSPS) is 15.1. The van der Waals surface area contributed by atoms with E-state index in [9.17, 15) is 4.79 Å². The molecule has 0 unspecified atom stereocenters. The summed E-state index contributed by atoms with van der Waals surface area (Å²) in [6.07, 6.45) is 1.64. The Morgan fingerprint density at radius 2 is 2.00 bits per heavy atom. The summed E-state index contributed by atoms with van der Waals surface area (Å²) in [4.78, 5) is 16.5. The molecular weight excluding hydrogens is 342 g/mol. The fourth-order valence-electron chi connectivity index (χ4n) is 2.41. The summed E-state index contributed by atoms with van der Waals surface area (Å²) in [6.45, 7) is 2.42. The van der Waals surface area contributed by atoms with Crippen LogP contribution in [0.2, 0.25) is 5.02 Å². The number of aliphatic imine (C=N–C) groups is 1. The van der Waals surface area contributed by atoms with Crippen LogP contribution in [0.4, 0.5) is 0 Å². The third-order valence-corrected chi connectivity index (χ3v) is 3.76. The van der Waals surface area contributed by atoms with E-state index in [4.69, 9.17) is 25.8 Å². The van der Waals surface area contributed by atoms with E-state index in [-0.39, 0.29) is 11.6 Å². The van der Waals surface area contributed by atoms with Crippen LogP contribution in [0.1, 0.15) is 18.1 Å². The van der Waals surface area contributed by atoms with Crippen LogP contribution < -0.4 is 9.47 Å². The number of hydrogen-bond donors (Lipinski definition) is 0. The minimum atomic E-state index is -0.539. The van der Waals surface area contributed by atoms with Crippen LogP contribution in [0.15, 0.2) is 53.2 Å². The van der Waals surface area contributed by atoms with E-state index in [0.717, 1.165) is 5.56 Å². The summed E-state index contributed by atoms with van der Waals surface area (Å²) in [5, 5.41) is 0.494. The molecule has 0 atom stereocenters. The molecule has 0 saturated heterocycles. The van der Waals surface area contributed by atoms with E-state index in [1.165, 1.54) is 7.11 Å². The maximum atomic E-state index is 12.2. The maximum Gasteiger partial charge on any atom is 0.363 e. The lowest BCUT2D eigenvalue weighted by Crippen LogP contribution is -2.07. The van der Waals surface area contributed by atoms with Crippen molar-refractivity contribution in [1.29, 1.82) is 0 Å². The predicted molar refractivity (Wildman–Crippen MR) is 96.2 cm³/mol. The lowest BCUT2D eigenvalue weighted by molar-refractivity contribution is -0.129. The highest BCUT2D eigenvalue weighted by Crippen LogP contribution is 2.29. The molecule has 5 nitrogen and oxygen atoms in total. The molecule has 0 spiro atoms. The number of esters is 1. The fraction of sp³-hybridized carbons (Fsp3) is 0.158. The van der Waals surface area contributed by atoms with Gasteiger partial charge in [-0.15, -0.1) is 0 Å². The Bertz CT molecular complexity index is 873. The average Bonchev–Trinajstić information content (AvgIpc) is 2.97. The van der Waals surface area contributed by atoms with Gasteiger partial charge in [-0.1, -0.05) is 29.8 Å². The molecule has 1 heterocycles. The molecule has 0 radical (unpaired) electrons. The Morgan fingerprint density at radius 1 is 1.20 bits per heavy atom. The lowest BCUT2D eigenvalue weighted by atomic mass is 10.1. The van der Waals surface area contributed by atoms with Crippen molar-refractivity contribution in [3.8, 4) is 11.5 Å². The van der Waals surface area contributed by atoms with Gasteiger partial charge in [0.15, 0.2) is 5.70 Å². The molecule has 0 fully saturated rings. The third kappa shape index (κ3) is 3.67. The molecule has 0 amide bonds. The van der Waals surface area contributed by atoms with E-state index < -0.39 is 5.97 Å². The van der Waals surface area contributed by atoms with E-state index >= 15 is 0 Å². The van der Waals surface area contributed by atoms with Gasteiger partial charge in [0.05, 0.1) is 19.3 Å². The van der Waals surface area contributed by atoms with Gasteiger partial charge < -0.3 is 14.2 Å². The SMILES string of the molecule is CCOc1ccccc1C=C1N=C(c2cc(Cl)ccc2OC)OC1=O. The molecule has 25 heavy (non-hydrogen) atoms. The van der Waals surface area contributed by atoms with Crippen LogP contribution in [0.3, 0.4) is 0 Å². The zero-order chi connectivity index (χ0) is 17.8. The van der Waals surface area contributed by atoms with Gasteiger partial charge in [-0.3, -0.25) is 0 Å². The lowest BCUT2D eigenvalue weighted by Gasteiger charge is -2.07. The number of benzene rings is 2. The second-order valence-electron chi connectivity index (χ2n) is 5.15. The van der Waals surface area contributed by atoms with E-state index in [1.54, 1.807) is 24.3 Å². The topological polar surface area (TPSA) is 57.1 Å². The number of cyclic esters (lactones) is 1. The summed E-state index contributed by atoms with van der Waals surface area (Å²) in [5.41, 5.74) is 1.45. The van der Waals surface area contributed by atoms with Crippen molar-refractivity contribution in [1.82, 2.24) is 0 Å². The van der Waals surface area contributed by atoms with Gasteiger partial charge in [0.25, 0.3) is 0 Å².